The number of hydrogen-bond acceptors (Lipinski definition) is 2. The second-order valence-corrected chi connectivity index (χ2v) is 4.87. The molecule has 1 aromatic carbocycles. The van der Waals surface area contributed by atoms with Gasteiger partial charge in [-0.3, -0.25) is 4.79 Å². The van der Waals surface area contributed by atoms with E-state index in [0.717, 1.165) is 12.1 Å². The number of para-hydroxylation sites is 1. The van der Waals surface area contributed by atoms with Crippen LogP contribution >= 0.6 is 0 Å². The van der Waals surface area contributed by atoms with Crippen LogP contribution in [0.15, 0.2) is 36.4 Å². The van der Waals surface area contributed by atoms with Crippen molar-refractivity contribution in [1.29, 1.82) is 0 Å². The quantitative estimate of drug-likeness (QED) is 0.778. The molecule has 2 rings (SSSR count). The highest BCUT2D eigenvalue weighted by atomic mass is 16.5. The standard InChI is InChI=1S/C17H21NO2/c1-4-20-17(19)11-10-15-12-13(2)18(14(15)3)16-8-6-5-7-9-16/h5-9,12H,4,10-11H2,1-3H3. The number of carbonyl (C=O) groups excluding carboxylic acids is 1. The van der Waals surface area contributed by atoms with Crippen molar-refractivity contribution < 1.29 is 9.53 Å². The summed E-state index contributed by atoms with van der Waals surface area (Å²) in [5.41, 5.74) is 4.75. The first-order chi connectivity index (χ1) is 9.63. The van der Waals surface area contributed by atoms with Gasteiger partial charge in [-0.1, -0.05) is 18.2 Å². The number of aromatic nitrogens is 1. The lowest BCUT2D eigenvalue weighted by Gasteiger charge is -2.09. The molecule has 0 bridgehead atoms. The minimum Gasteiger partial charge on any atom is -0.466 e. The number of benzene rings is 1. The zero-order valence-corrected chi connectivity index (χ0v) is 12.3. The number of ether oxygens (including phenoxy) is 1. The lowest BCUT2D eigenvalue weighted by molar-refractivity contribution is -0.143. The first-order valence-corrected chi connectivity index (χ1v) is 7.02. The van der Waals surface area contributed by atoms with E-state index in [0.29, 0.717) is 13.0 Å². The van der Waals surface area contributed by atoms with Gasteiger partial charge in [0, 0.05) is 23.5 Å². The molecule has 2 aromatic rings. The van der Waals surface area contributed by atoms with Crippen molar-refractivity contribution in [2.45, 2.75) is 33.6 Å². The maximum Gasteiger partial charge on any atom is 0.306 e. The van der Waals surface area contributed by atoms with Gasteiger partial charge in [0.1, 0.15) is 0 Å². The molecule has 0 N–H and O–H groups in total. The lowest BCUT2D eigenvalue weighted by Crippen LogP contribution is -2.05. The maximum absolute atomic E-state index is 11.5. The fourth-order valence-corrected chi connectivity index (χ4v) is 2.53. The molecule has 0 aliphatic rings. The van der Waals surface area contributed by atoms with Crippen molar-refractivity contribution in [2.24, 2.45) is 0 Å². The van der Waals surface area contributed by atoms with E-state index in [9.17, 15) is 4.79 Å². The van der Waals surface area contributed by atoms with Gasteiger partial charge in [-0.25, -0.2) is 0 Å². The van der Waals surface area contributed by atoms with E-state index in [-0.39, 0.29) is 5.97 Å². The van der Waals surface area contributed by atoms with Gasteiger partial charge in [-0.2, -0.15) is 0 Å². The van der Waals surface area contributed by atoms with Crippen molar-refractivity contribution in [1.82, 2.24) is 4.57 Å². The zero-order valence-electron chi connectivity index (χ0n) is 12.3. The van der Waals surface area contributed by atoms with Crippen molar-refractivity contribution in [3.05, 3.63) is 53.3 Å². The van der Waals surface area contributed by atoms with Crippen molar-refractivity contribution in [3.63, 3.8) is 0 Å². The fourth-order valence-electron chi connectivity index (χ4n) is 2.53. The van der Waals surface area contributed by atoms with E-state index in [1.807, 2.05) is 25.1 Å². The summed E-state index contributed by atoms with van der Waals surface area (Å²) in [6.07, 6.45) is 1.16. The molecule has 20 heavy (non-hydrogen) atoms. The summed E-state index contributed by atoms with van der Waals surface area (Å²) in [4.78, 5) is 11.5. The predicted molar refractivity (Wildman–Crippen MR) is 80.2 cm³/mol. The molecule has 0 unspecified atom stereocenters. The normalized spacial score (nSPS) is 10.6. The van der Waals surface area contributed by atoms with Crippen molar-refractivity contribution >= 4 is 5.97 Å². The summed E-state index contributed by atoms with van der Waals surface area (Å²) in [5, 5.41) is 0. The van der Waals surface area contributed by atoms with E-state index in [4.69, 9.17) is 4.74 Å². The number of hydrogen-bond donors (Lipinski definition) is 0. The summed E-state index contributed by atoms with van der Waals surface area (Å²) in [5.74, 6) is -0.128. The van der Waals surface area contributed by atoms with E-state index in [2.05, 4.69) is 36.6 Å². The number of nitrogens with zero attached hydrogens (tertiary/aromatic N) is 1. The average Bonchev–Trinajstić information content (AvgIpc) is 2.72. The smallest absolute Gasteiger partial charge is 0.306 e. The molecule has 0 aliphatic heterocycles. The monoisotopic (exact) mass is 271 g/mol. The van der Waals surface area contributed by atoms with Gasteiger partial charge >= 0.3 is 5.97 Å². The summed E-state index contributed by atoms with van der Waals surface area (Å²) < 4.78 is 7.20. The Morgan fingerprint density at radius 2 is 1.90 bits per heavy atom. The van der Waals surface area contributed by atoms with Gasteiger partial charge in [-0.05, 0) is 51.0 Å². The van der Waals surface area contributed by atoms with Crippen molar-refractivity contribution in [3.8, 4) is 5.69 Å². The SMILES string of the molecule is CCOC(=O)CCc1cc(C)n(-c2ccccc2)c1C. The number of rotatable bonds is 5. The van der Waals surface area contributed by atoms with Gasteiger partial charge in [0.15, 0.2) is 0 Å². The highest BCUT2D eigenvalue weighted by Crippen LogP contribution is 2.21. The Morgan fingerprint density at radius 1 is 1.20 bits per heavy atom. The van der Waals surface area contributed by atoms with Gasteiger partial charge in [0.05, 0.1) is 6.61 Å². The summed E-state index contributed by atoms with van der Waals surface area (Å²) in [6, 6.07) is 12.4. The molecule has 0 atom stereocenters. The Labute approximate surface area is 120 Å². The van der Waals surface area contributed by atoms with E-state index in [1.165, 1.54) is 17.0 Å². The molecule has 1 heterocycles. The largest absolute Gasteiger partial charge is 0.466 e. The van der Waals surface area contributed by atoms with Gasteiger partial charge in [0.2, 0.25) is 0 Å². The third-order valence-corrected chi connectivity index (χ3v) is 3.45. The van der Waals surface area contributed by atoms with E-state index in [1.54, 1.807) is 0 Å². The van der Waals surface area contributed by atoms with Crippen LogP contribution in [0.1, 0.15) is 30.3 Å². The first-order valence-electron chi connectivity index (χ1n) is 7.02. The maximum atomic E-state index is 11.5. The number of esters is 1. The molecular formula is C17H21NO2. The van der Waals surface area contributed by atoms with Crippen LogP contribution in [0, 0.1) is 13.8 Å². The highest BCUT2D eigenvalue weighted by Gasteiger charge is 2.12. The van der Waals surface area contributed by atoms with Gasteiger partial charge in [-0.15, -0.1) is 0 Å². The van der Waals surface area contributed by atoms with Crippen molar-refractivity contribution in [2.75, 3.05) is 6.61 Å². The third-order valence-electron chi connectivity index (χ3n) is 3.45. The first kappa shape index (κ1) is 14.4. The second-order valence-electron chi connectivity index (χ2n) is 4.87. The minimum absolute atomic E-state index is 0.128. The number of carbonyl (C=O) groups is 1. The van der Waals surface area contributed by atoms with E-state index >= 15 is 0 Å². The second kappa shape index (κ2) is 6.42. The number of aryl methyl sites for hydroxylation is 2. The molecule has 0 radical (unpaired) electrons. The van der Waals surface area contributed by atoms with Gasteiger partial charge in [0.25, 0.3) is 0 Å². The topological polar surface area (TPSA) is 31.2 Å². The highest BCUT2D eigenvalue weighted by molar-refractivity contribution is 5.69. The molecular weight excluding hydrogens is 250 g/mol. The molecule has 3 nitrogen and oxygen atoms in total. The third kappa shape index (κ3) is 3.10. The van der Waals surface area contributed by atoms with E-state index < -0.39 is 0 Å². The van der Waals surface area contributed by atoms with Crippen LogP contribution < -0.4 is 0 Å². The predicted octanol–water partition coefficient (Wildman–Crippen LogP) is 3.59. The van der Waals surface area contributed by atoms with Crippen LogP contribution in [-0.4, -0.2) is 17.1 Å². The molecule has 106 valence electrons. The molecule has 1 aromatic heterocycles. The molecule has 0 saturated carbocycles. The van der Waals surface area contributed by atoms with Crippen LogP contribution in [0.4, 0.5) is 0 Å². The Kier molecular flexibility index (Phi) is 4.61. The molecule has 0 fully saturated rings. The Morgan fingerprint density at radius 3 is 2.55 bits per heavy atom. The fraction of sp³-hybridized carbons (Fsp3) is 0.353. The lowest BCUT2D eigenvalue weighted by atomic mass is 10.1. The average molecular weight is 271 g/mol. The molecule has 3 heteroatoms. The minimum atomic E-state index is -0.128. The zero-order chi connectivity index (χ0) is 14.5. The Bertz CT molecular complexity index is 585. The Balaban J connectivity index is 2.19. The summed E-state index contributed by atoms with van der Waals surface area (Å²) >= 11 is 0. The molecule has 0 aliphatic carbocycles. The van der Waals surface area contributed by atoms with Gasteiger partial charge < -0.3 is 9.30 Å². The van der Waals surface area contributed by atoms with Crippen LogP contribution in [0.5, 0.6) is 0 Å². The Hall–Kier alpha value is -2.03. The van der Waals surface area contributed by atoms with Crippen LogP contribution in [0.2, 0.25) is 0 Å². The molecule has 0 spiro atoms. The summed E-state index contributed by atoms with van der Waals surface area (Å²) in [7, 11) is 0. The van der Waals surface area contributed by atoms with Crippen LogP contribution in [0.3, 0.4) is 0 Å². The van der Waals surface area contributed by atoms with Crippen LogP contribution in [0.25, 0.3) is 5.69 Å². The summed E-state index contributed by atoms with van der Waals surface area (Å²) in [6.45, 7) is 6.47. The molecule has 0 amide bonds. The van der Waals surface area contributed by atoms with Crippen LogP contribution in [-0.2, 0) is 16.0 Å². The molecule has 0 saturated heterocycles.